The van der Waals surface area contributed by atoms with Gasteiger partial charge in [-0.05, 0) is 37.3 Å². The maximum absolute atomic E-state index is 14.3. The van der Waals surface area contributed by atoms with E-state index in [9.17, 15) is 22.0 Å². The Kier molecular flexibility index (Phi) is 5.89. The minimum absolute atomic E-state index is 0.0214. The fraction of sp³-hybridized carbons (Fsp3) is 0.292. The van der Waals surface area contributed by atoms with Crippen molar-refractivity contribution >= 4 is 5.82 Å². The van der Waals surface area contributed by atoms with E-state index in [0.29, 0.717) is 33.8 Å². The highest BCUT2D eigenvalue weighted by molar-refractivity contribution is 5.72. The molecule has 1 aliphatic heterocycles. The fourth-order valence-corrected chi connectivity index (χ4v) is 4.48. The number of hydrogen-bond acceptors (Lipinski definition) is 5. The third kappa shape index (κ3) is 4.16. The van der Waals surface area contributed by atoms with E-state index in [0.717, 1.165) is 0 Å². The molecule has 1 aromatic carbocycles. The molecule has 0 aliphatic carbocycles. The lowest BCUT2D eigenvalue weighted by atomic mass is 9.99. The van der Waals surface area contributed by atoms with E-state index in [2.05, 4.69) is 15.2 Å². The van der Waals surface area contributed by atoms with Crippen molar-refractivity contribution in [2.75, 3.05) is 5.73 Å². The maximum atomic E-state index is 14.3. The molecule has 5 rings (SSSR count). The van der Waals surface area contributed by atoms with Crippen molar-refractivity contribution in [1.29, 1.82) is 0 Å². The van der Waals surface area contributed by atoms with Gasteiger partial charge < -0.3 is 10.5 Å². The lowest BCUT2D eigenvalue weighted by Crippen LogP contribution is -2.14. The molecule has 1 unspecified atom stereocenters. The Morgan fingerprint density at radius 3 is 2.64 bits per heavy atom. The number of nitrogens with zero attached hydrogens (tertiary/aromatic N) is 5. The summed E-state index contributed by atoms with van der Waals surface area (Å²) in [7, 11) is 1.59. The molecule has 1 aliphatic rings. The number of rotatable bonds is 3. The van der Waals surface area contributed by atoms with Crippen LogP contribution in [-0.2, 0) is 19.9 Å². The molecule has 2 N–H and O–H groups in total. The average Bonchev–Trinajstić information content (AvgIpc) is 3.36. The zero-order valence-electron chi connectivity index (χ0n) is 19.2. The van der Waals surface area contributed by atoms with Crippen molar-refractivity contribution in [3.05, 3.63) is 70.7 Å². The monoisotopic (exact) mass is 504 g/mol. The van der Waals surface area contributed by atoms with Crippen LogP contribution >= 0.6 is 0 Å². The van der Waals surface area contributed by atoms with Crippen LogP contribution in [0.1, 0.15) is 47.8 Å². The summed E-state index contributed by atoms with van der Waals surface area (Å²) in [5.74, 6) is -0.353. The van der Waals surface area contributed by atoms with Gasteiger partial charge in [0.05, 0.1) is 29.2 Å². The molecule has 4 aromatic rings. The van der Waals surface area contributed by atoms with E-state index in [1.807, 2.05) is 0 Å². The summed E-state index contributed by atoms with van der Waals surface area (Å²) in [5, 5.41) is 8.38. The molecule has 3 aromatic heterocycles. The standard InChI is InChI=1S/C24H21F5N6O/c1-11-15-6-13(25)3-4-18(15)35-14(7-17(33-35)23(28)29)8-19-22(16(9-21(26)27)32-34(19)2)12-5-20(36-11)24(30)31-10-12/h3-7,10-11,21,23H,8-9H2,1-2H3,(H2,30,31). The molecule has 2 bridgehead atoms. The quantitative estimate of drug-likeness (QED) is 0.389. The predicted octanol–water partition coefficient (Wildman–Crippen LogP) is 5.18. The minimum atomic E-state index is -2.86. The summed E-state index contributed by atoms with van der Waals surface area (Å²) in [5.41, 5.74) is 7.95. The molecule has 0 amide bonds. The Morgan fingerprint density at radius 1 is 1.14 bits per heavy atom. The number of alkyl halides is 4. The summed E-state index contributed by atoms with van der Waals surface area (Å²) in [4.78, 5) is 4.17. The van der Waals surface area contributed by atoms with E-state index < -0.39 is 36.9 Å². The second kappa shape index (κ2) is 8.92. The smallest absolute Gasteiger partial charge is 0.282 e. The summed E-state index contributed by atoms with van der Waals surface area (Å²) in [6.07, 6.45) is -5.50. The van der Waals surface area contributed by atoms with Crippen LogP contribution in [0.2, 0.25) is 0 Å². The van der Waals surface area contributed by atoms with Crippen molar-refractivity contribution in [2.45, 2.75) is 38.7 Å². The third-order valence-corrected chi connectivity index (χ3v) is 6.09. The Bertz CT molecular complexity index is 1450. The highest BCUT2D eigenvalue weighted by Crippen LogP contribution is 2.38. The topological polar surface area (TPSA) is 83.8 Å². The Morgan fingerprint density at radius 2 is 1.92 bits per heavy atom. The van der Waals surface area contributed by atoms with Gasteiger partial charge in [0.1, 0.15) is 17.6 Å². The molecule has 4 heterocycles. The number of nitrogen functional groups attached to an aromatic ring is 1. The number of ether oxygens (including phenoxy) is 1. The van der Waals surface area contributed by atoms with E-state index in [1.165, 1.54) is 39.8 Å². The number of aryl methyl sites for hydroxylation is 1. The largest absolute Gasteiger partial charge is 0.482 e. The molecule has 7 nitrogen and oxygen atoms in total. The lowest BCUT2D eigenvalue weighted by Gasteiger charge is -2.22. The predicted molar refractivity (Wildman–Crippen MR) is 121 cm³/mol. The van der Waals surface area contributed by atoms with Crippen LogP contribution in [0, 0.1) is 5.82 Å². The van der Waals surface area contributed by atoms with Gasteiger partial charge in [0.2, 0.25) is 6.43 Å². The first kappa shape index (κ1) is 23.8. The first-order chi connectivity index (χ1) is 17.1. The Labute approximate surface area is 202 Å². The summed E-state index contributed by atoms with van der Waals surface area (Å²) < 4.78 is 77.3. The fourth-order valence-electron chi connectivity index (χ4n) is 4.48. The van der Waals surface area contributed by atoms with Crippen molar-refractivity contribution in [1.82, 2.24) is 24.5 Å². The maximum Gasteiger partial charge on any atom is 0.282 e. The third-order valence-electron chi connectivity index (χ3n) is 6.09. The molecule has 0 radical (unpaired) electrons. The van der Waals surface area contributed by atoms with E-state index in [1.54, 1.807) is 20.0 Å². The van der Waals surface area contributed by atoms with Gasteiger partial charge in [-0.1, -0.05) is 0 Å². The second-order valence-electron chi connectivity index (χ2n) is 8.51. The van der Waals surface area contributed by atoms with Crippen molar-refractivity contribution < 1.29 is 26.7 Å². The summed E-state index contributed by atoms with van der Waals surface area (Å²) >= 11 is 0. The number of aromatic nitrogens is 5. The first-order valence-corrected chi connectivity index (χ1v) is 11.0. The molecular weight excluding hydrogens is 483 g/mol. The zero-order chi connectivity index (χ0) is 25.7. The number of halogens is 5. The lowest BCUT2D eigenvalue weighted by molar-refractivity contribution is 0.145. The Balaban J connectivity index is 1.82. The van der Waals surface area contributed by atoms with Crippen molar-refractivity contribution in [3.63, 3.8) is 0 Å². The first-order valence-electron chi connectivity index (χ1n) is 11.0. The van der Waals surface area contributed by atoms with Crippen LogP contribution in [0.5, 0.6) is 5.75 Å². The SMILES string of the molecule is CC1Oc2cc(cnc2N)-c2c(CC(F)F)nn(C)c2Cc2cc(C(F)F)nn2-c2ccc(F)cc21. The van der Waals surface area contributed by atoms with Crippen LogP contribution in [0.15, 0.2) is 36.5 Å². The highest BCUT2D eigenvalue weighted by atomic mass is 19.3. The van der Waals surface area contributed by atoms with Crippen LogP contribution < -0.4 is 10.5 Å². The van der Waals surface area contributed by atoms with Gasteiger partial charge in [-0.15, -0.1) is 0 Å². The van der Waals surface area contributed by atoms with Gasteiger partial charge >= 0.3 is 0 Å². The van der Waals surface area contributed by atoms with E-state index >= 15 is 0 Å². The molecule has 0 spiro atoms. The number of nitrogens with two attached hydrogens (primary N) is 1. The zero-order valence-corrected chi connectivity index (χ0v) is 19.2. The molecule has 36 heavy (non-hydrogen) atoms. The molecule has 12 heteroatoms. The number of benzene rings is 1. The van der Waals surface area contributed by atoms with Gasteiger partial charge in [0, 0.05) is 36.4 Å². The molecule has 188 valence electrons. The van der Waals surface area contributed by atoms with Gasteiger partial charge in [0.25, 0.3) is 6.43 Å². The van der Waals surface area contributed by atoms with Crippen LogP contribution in [0.4, 0.5) is 27.8 Å². The normalized spacial score (nSPS) is 15.1. The number of pyridine rings is 1. The molecule has 0 saturated heterocycles. The number of fused-ring (bicyclic) bond motifs is 7. The van der Waals surface area contributed by atoms with Gasteiger partial charge in [-0.3, -0.25) is 4.68 Å². The van der Waals surface area contributed by atoms with E-state index in [-0.39, 0.29) is 23.7 Å². The summed E-state index contributed by atoms with van der Waals surface area (Å²) in [6, 6.07) is 6.66. The number of hydrogen-bond donors (Lipinski definition) is 1. The molecule has 1 atom stereocenters. The summed E-state index contributed by atoms with van der Waals surface area (Å²) in [6.45, 7) is 1.64. The average molecular weight is 504 g/mol. The van der Waals surface area contributed by atoms with Crippen LogP contribution in [0.25, 0.3) is 16.8 Å². The van der Waals surface area contributed by atoms with Gasteiger partial charge in [-0.2, -0.15) is 10.2 Å². The van der Waals surface area contributed by atoms with Crippen molar-refractivity contribution in [2.24, 2.45) is 7.05 Å². The minimum Gasteiger partial charge on any atom is -0.482 e. The molecule has 0 saturated carbocycles. The Hall–Kier alpha value is -3.96. The van der Waals surface area contributed by atoms with Crippen molar-refractivity contribution in [3.8, 4) is 22.6 Å². The number of anilines is 1. The highest BCUT2D eigenvalue weighted by Gasteiger charge is 2.27. The van der Waals surface area contributed by atoms with Crippen LogP contribution in [-0.4, -0.2) is 31.0 Å². The second-order valence-corrected chi connectivity index (χ2v) is 8.51. The van der Waals surface area contributed by atoms with Gasteiger partial charge in [0.15, 0.2) is 11.6 Å². The van der Waals surface area contributed by atoms with E-state index in [4.69, 9.17) is 10.5 Å². The van der Waals surface area contributed by atoms with Gasteiger partial charge in [-0.25, -0.2) is 31.6 Å². The molecule has 0 fully saturated rings. The molecular formula is C24H21F5N6O. The van der Waals surface area contributed by atoms with Crippen LogP contribution in [0.3, 0.4) is 0 Å².